The summed E-state index contributed by atoms with van der Waals surface area (Å²) in [5.74, 6) is -0.928. The summed E-state index contributed by atoms with van der Waals surface area (Å²) in [5, 5.41) is 14.0. The molecule has 0 aromatic heterocycles. The van der Waals surface area contributed by atoms with E-state index >= 15 is 0 Å². The van der Waals surface area contributed by atoms with E-state index in [1.807, 2.05) is 32.0 Å². The fourth-order valence-corrected chi connectivity index (χ4v) is 5.38. The molecule has 2 aromatic rings. The highest BCUT2D eigenvalue weighted by Crippen LogP contribution is 2.49. The van der Waals surface area contributed by atoms with Gasteiger partial charge >= 0.3 is 5.97 Å². The van der Waals surface area contributed by atoms with Crippen LogP contribution in [0.3, 0.4) is 0 Å². The van der Waals surface area contributed by atoms with Gasteiger partial charge in [-0.2, -0.15) is 0 Å². The lowest BCUT2D eigenvalue weighted by atomic mass is 9.65. The third-order valence-corrected chi connectivity index (χ3v) is 7.67. The first-order valence-corrected chi connectivity index (χ1v) is 13.3. The molecule has 6 nitrogen and oxygen atoms in total. The zero-order valence-electron chi connectivity index (χ0n) is 22.8. The van der Waals surface area contributed by atoms with Crippen LogP contribution in [0.2, 0.25) is 5.02 Å². The van der Waals surface area contributed by atoms with Crippen LogP contribution in [-0.2, 0) is 26.1 Å². The number of aliphatic hydroxyl groups excluding tert-OH is 1. The summed E-state index contributed by atoms with van der Waals surface area (Å²) < 4.78 is 11.2. The molecule has 37 heavy (non-hydrogen) atoms. The van der Waals surface area contributed by atoms with Gasteiger partial charge in [-0.1, -0.05) is 44.5 Å². The summed E-state index contributed by atoms with van der Waals surface area (Å²) in [6, 6.07) is 12.6. The van der Waals surface area contributed by atoms with Gasteiger partial charge in [-0.05, 0) is 80.5 Å². The molecule has 1 saturated heterocycles. The van der Waals surface area contributed by atoms with Crippen molar-refractivity contribution in [1.29, 1.82) is 0 Å². The van der Waals surface area contributed by atoms with Gasteiger partial charge in [0.2, 0.25) is 5.91 Å². The van der Waals surface area contributed by atoms with Crippen LogP contribution in [-0.4, -0.2) is 42.4 Å². The van der Waals surface area contributed by atoms with Crippen LogP contribution in [0, 0.1) is 11.3 Å². The van der Waals surface area contributed by atoms with E-state index < -0.39 is 17.0 Å². The smallest absolute Gasteiger partial charge is 0.338 e. The summed E-state index contributed by atoms with van der Waals surface area (Å²) in [6.07, 6.45) is 1.98. The molecule has 1 fully saturated rings. The number of anilines is 1. The molecular formula is C30H40ClNO5. The molecule has 2 atom stereocenters. The van der Waals surface area contributed by atoms with Gasteiger partial charge in [0.1, 0.15) is 0 Å². The maximum Gasteiger partial charge on any atom is 0.338 e. The average Bonchev–Trinajstić information content (AvgIpc) is 3.08. The molecule has 0 spiro atoms. The number of aryl methyl sites for hydroxylation is 1. The largest absolute Gasteiger partial charge is 0.462 e. The molecular weight excluding hydrogens is 490 g/mol. The first-order valence-electron chi connectivity index (χ1n) is 12.9. The van der Waals surface area contributed by atoms with Crippen LogP contribution in [0.4, 0.5) is 5.69 Å². The number of ether oxygens (including phenoxy) is 2. The lowest BCUT2D eigenvalue weighted by molar-refractivity contribution is -0.117. The highest BCUT2D eigenvalue weighted by molar-refractivity contribution is 6.31. The van der Waals surface area contributed by atoms with Crippen LogP contribution in [0.15, 0.2) is 42.5 Å². The van der Waals surface area contributed by atoms with Crippen molar-refractivity contribution >= 4 is 29.2 Å². The number of rotatable bonds is 9. The third kappa shape index (κ3) is 6.92. The summed E-state index contributed by atoms with van der Waals surface area (Å²) in [6.45, 7) is 12.7. The van der Waals surface area contributed by atoms with E-state index in [1.54, 1.807) is 31.2 Å². The predicted molar refractivity (Wildman–Crippen MR) is 147 cm³/mol. The minimum absolute atomic E-state index is 0.110. The molecule has 7 heteroatoms. The van der Waals surface area contributed by atoms with Crippen molar-refractivity contribution in [3.05, 3.63) is 64.2 Å². The van der Waals surface area contributed by atoms with Crippen molar-refractivity contribution in [3.8, 4) is 0 Å². The van der Waals surface area contributed by atoms with Crippen LogP contribution < -0.4 is 5.32 Å². The third-order valence-electron chi connectivity index (χ3n) is 7.32. The molecule has 0 saturated carbocycles. The quantitative estimate of drug-likeness (QED) is 0.379. The molecule has 0 aliphatic carbocycles. The highest BCUT2D eigenvalue weighted by atomic mass is 35.5. The van der Waals surface area contributed by atoms with Gasteiger partial charge in [-0.3, -0.25) is 4.79 Å². The SMILES string of the molecule is CCOC(=O)c1ccc(NC(=O)CC2(c3ccc(CCC(C)(C)C)c(Cl)c3)COC(C)(C)C2CO)cc1. The summed E-state index contributed by atoms with van der Waals surface area (Å²) in [7, 11) is 0. The van der Waals surface area contributed by atoms with Gasteiger partial charge in [0.15, 0.2) is 0 Å². The minimum atomic E-state index is -0.751. The Morgan fingerprint density at radius 3 is 2.41 bits per heavy atom. The number of esters is 1. The van der Waals surface area contributed by atoms with Crippen molar-refractivity contribution in [2.75, 3.05) is 25.1 Å². The first kappa shape index (κ1) is 29.2. The number of carbonyl (C=O) groups is 2. The monoisotopic (exact) mass is 529 g/mol. The van der Waals surface area contributed by atoms with Crippen LogP contribution in [0.1, 0.15) is 75.9 Å². The molecule has 0 radical (unpaired) electrons. The van der Waals surface area contributed by atoms with Crippen LogP contribution >= 0.6 is 11.6 Å². The lowest BCUT2D eigenvalue weighted by Crippen LogP contribution is -2.44. The maximum absolute atomic E-state index is 13.3. The normalized spacial score (nSPS) is 21.0. The van der Waals surface area contributed by atoms with Gasteiger partial charge in [0.25, 0.3) is 0 Å². The van der Waals surface area contributed by atoms with Crippen LogP contribution in [0.5, 0.6) is 0 Å². The Kier molecular flexibility index (Phi) is 9.10. The Hall–Kier alpha value is -2.41. The van der Waals surface area contributed by atoms with Gasteiger partial charge < -0.3 is 19.9 Å². The molecule has 2 unspecified atom stereocenters. The standard InChI is InChI=1S/C30H40ClNO5/c1-7-36-27(35)21-9-12-23(13-10-21)32-26(34)17-30(19-37-29(5,6)25(30)18-33)22-11-8-20(24(31)16-22)14-15-28(2,3)4/h8-13,16,25,33H,7,14-15,17-19H2,1-6H3,(H,32,34). The maximum atomic E-state index is 13.3. The van der Waals surface area contributed by atoms with E-state index in [9.17, 15) is 14.7 Å². The highest BCUT2D eigenvalue weighted by Gasteiger charge is 2.55. The van der Waals surface area contributed by atoms with Crippen LogP contribution in [0.25, 0.3) is 0 Å². The van der Waals surface area contributed by atoms with E-state index in [1.165, 1.54) is 0 Å². The Bertz CT molecular complexity index is 1110. The second-order valence-electron chi connectivity index (χ2n) is 11.7. The number of nitrogens with one attached hydrogen (secondary N) is 1. The van der Waals surface area contributed by atoms with E-state index in [0.29, 0.717) is 22.9 Å². The summed E-state index contributed by atoms with van der Waals surface area (Å²) in [5.41, 5.74) is 1.77. The number of aliphatic hydroxyl groups is 1. The van der Waals surface area contributed by atoms with Gasteiger partial charge in [-0.15, -0.1) is 0 Å². The number of halogens is 1. The number of amides is 1. The Morgan fingerprint density at radius 1 is 1.16 bits per heavy atom. The fourth-order valence-electron chi connectivity index (χ4n) is 5.10. The van der Waals surface area contributed by atoms with Crippen molar-refractivity contribution in [1.82, 2.24) is 0 Å². The molecule has 202 valence electrons. The minimum Gasteiger partial charge on any atom is -0.462 e. The van der Waals surface area contributed by atoms with Crippen molar-refractivity contribution in [2.45, 2.75) is 71.8 Å². The van der Waals surface area contributed by atoms with E-state index in [4.69, 9.17) is 21.1 Å². The lowest BCUT2D eigenvalue weighted by Gasteiger charge is -2.37. The van der Waals surface area contributed by atoms with E-state index in [-0.39, 0.29) is 36.9 Å². The van der Waals surface area contributed by atoms with Crippen molar-refractivity contribution < 1.29 is 24.2 Å². The summed E-state index contributed by atoms with van der Waals surface area (Å²) in [4.78, 5) is 25.3. The second-order valence-corrected chi connectivity index (χ2v) is 12.1. The fraction of sp³-hybridized carbons (Fsp3) is 0.533. The molecule has 3 rings (SSSR count). The summed E-state index contributed by atoms with van der Waals surface area (Å²) >= 11 is 6.75. The number of hydrogen-bond acceptors (Lipinski definition) is 5. The van der Waals surface area contributed by atoms with Gasteiger partial charge in [0, 0.05) is 35.1 Å². The zero-order valence-corrected chi connectivity index (χ0v) is 23.6. The molecule has 2 N–H and O–H groups in total. The van der Waals surface area contributed by atoms with Gasteiger partial charge in [0.05, 0.1) is 24.4 Å². The average molecular weight is 530 g/mol. The number of benzene rings is 2. The van der Waals surface area contributed by atoms with Gasteiger partial charge in [-0.25, -0.2) is 4.79 Å². The first-order chi connectivity index (χ1) is 17.3. The molecule has 1 aliphatic rings. The molecule has 2 aromatic carbocycles. The van der Waals surface area contributed by atoms with Crippen molar-refractivity contribution in [2.24, 2.45) is 11.3 Å². The molecule has 0 bridgehead atoms. The Balaban J connectivity index is 1.87. The van der Waals surface area contributed by atoms with Crippen molar-refractivity contribution in [3.63, 3.8) is 0 Å². The second kappa shape index (κ2) is 11.5. The van der Waals surface area contributed by atoms with E-state index in [2.05, 4.69) is 26.1 Å². The number of hydrogen-bond donors (Lipinski definition) is 2. The molecule has 1 amide bonds. The predicted octanol–water partition coefficient (Wildman–Crippen LogP) is 6.18. The molecule has 1 aliphatic heterocycles. The van der Waals surface area contributed by atoms with E-state index in [0.717, 1.165) is 24.0 Å². The topological polar surface area (TPSA) is 84.9 Å². The molecule has 1 heterocycles. The number of carbonyl (C=O) groups excluding carboxylic acids is 2. The Labute approximate surface area is 225 Å². The Morgan fingerprint density at radius 2 is 1.84 bits per heavy atom. The zero-order chi connectivity index (χ0) is 27.4.